The van der Waals surface area contributed by atoms with Gasteiger partial charge >= 0.3 is 0 Å². The molecule has 1 N–H and O–H groups in total. The standard InChI is InChI=1S/C16H15F2N5O2S/c17-13(18)8-23-4-3-19-14(23)9-26-16-20-15(21-22-16)10-1-2-11-12(7-10)25-6-5-24-11/h1-4,7,13H,5-6,8-9H2,(H,20,21,22). The lowest BCUT2D eigenvalue weighted by Crippen LogP contribution is -2.15. The van der Waals surface area contributed by atoms with Crippen molar-refractivity contribution in [2.75, 3.05) is 13.2 Å². The minimum absolute atomic E-state index is 0.369. The number of aromatic amines is 1. The first-order valence-electron chi connectivity index (χ1n) is 7.92. The maximum atomic E-state index is 12.5. The summed E-state index contributed by atoms with van der Waals surface area (Å²) >= 11 is 1.33. The average molecular weight is 379 g/mol. The smallest absolute Gasteiger partial charge is 0.256 e. The van der Waals surface area contributed by atoms with Crippen LogP contribution in [0.4, 0.5) is 8.78 Å². The predicted octanol–water partition coefficient (Wildman–Crippen LogP) is 3.00. The number of thioether (sulfide) groups is 1. The van der Waals surface area contributed by atoms with E-state index >= 15 is 0 Å². The van der Waals surface area contributed by atoms with Crippen molar-refractivity contribution in [3.8, 4) is 22.9 Å². The molecule has 0 saturated heterocycles. The number of fused-ring (bicyclic) bond motifs is 1. The van der Waals surface area contributed by atoms with Gasteiger partial charge in [0.1, 0.15) is 19.0 Å². The molecule has 1 aliphatic heterocycles. The van der Waals surface area contributed by atoms with E-state index in [1.807, 2.05) is 18.2 Å². The Morgan fingerprint density at radius 3 is 2.92 bits per heavy atom. The lowest BCUT2D eigenvalue weighted by molar-refractivity contribution is 0.125. The highest BCUT2D eigenvalue weighted by molar-refractivity contribution is 7.98. The van der Waals surface area contributed by atoms with Crippen LogP contribution >= 0.6 is 11.8 Å². The van der Waals surface area contributed by atoms with Gasteiger partial charge in [-0.25, -0.2) is 18.7 Å². The van der Waals surface area contributed by atoms with E-state index in [4.69, 9.17) is 9.47 Å². The maximum Gasteiger partial charge on any atom is 0.256 e. The lowest BCUT2D eigenvalue weighted by Gasteiger charge is -2.18. The quantitative estimate of drug-likeness (QED) is 0.664. The minimum atomic E-state index is -2.42. The highest BCUT2D eigenvalue weighted by Crippen LogP contribution is 2.34. The van der Waals surface area contributed by atoms with E-state index in [1.54, 1.807) is 6.20 Å². The number of alkyl halides is 2. The predicted molar refractivity (Wildman–Crippen MR) is 90.6 cm³/mol. The maximum absolute atomic E-state index is 12.5. The number of aromatic nitrogens is 5. The Kier molecular flexibility index (Phi) is 4.74. The molecule has 1 aromatic carbocycles. The van der Waals surface area contributed by atoms with Crippen molar-refractivity contribution in [2.45, 2.75) is 23.9 Å². The van der Waals surface area contributed by atoms with Crippen LogP contribution in [0.2, 0.25) is 0 Å². The van der Waals surface area contributed by atoms with E-state index in [9.17, 15) is 8.78 Å². The van der Waals surface area contributed by atoms with E-state index in [2.05, 4.69) is 20.2 Å². The summed E-state index contributed by atoms with van der Waals surface area (Å²) in [5, 5.41) is 7.56. The van der Waals surface area contributed by atoms with E-state index in [-0.39, 0.29) is 6.54 Å². The molecule has 3 heterocycles. The number of ether oxygens (including phenoxy) is 2. The van der Waals surface area contributed by atoms with E-state index in [0.717, 1.165) is 5.56 Å². The summed E-state index contributed by atoms with van der Waals surface area (Å²) in [6, 6.07) is 5.55. The van der Waals surface area contributed by atoms with Gasteiger partial charge in [0.05, 0.1) is 12.3 Å². The summed E-state index contributed by atoms with van der Waals surface area (Å²) in [7, 11) is 0. The molecular weight excluding hydrogens is 364 g/mol. The van der Waals surface area contributed by atoms with Crippen molar-refractivity contribution < 1.29 is 18.3 Å². The molecule has 7 nitrogen and oxygen atoms in total. The number of imidazole rings is 1. The SMILES string of the molecule is FC(F)Cn1ccnc1CSc1n[nH]c(-c2ccc3c(c2)OCCO3)n1. The van der Waals surface area contributed by atoms with Gasteiger partial charge in [-0.15, -0.1) is 5.10 Å². The Bertz CT molecular complexity index is 898. The van der Waals surface area contributed by atoms with Crippen molar-refractivity contribution in [1.29, 1.82) is 0 Å². The second-order valence-corrected chi connectivity index (χ2v) is 6.44. The third-order valence-corrected chi connectivity index (χ3v) is 4.59. The summed E-state index contributed by atoms with van der Waals surface area (Å²) in [4.78, 5) is 8.54. The molecule has 0 fully saturated rings. The topological polar surface area (TPSA) is 77.9 Å². The molecule has 0 atom stereocenters. The van der Waals surface area contributed by atoms with Gasteiger partial charge in [0, 0.05) is 18.0 Å². The van der Waals surface area contributed by atoms with Crippen molar-refractivity contribution in [3.63, 3.8) is 0 Å². The summed E-state index contributed by atoms with van der Waals surface area (Å²) in [5.74, 6) is 2.94. The fourth-order valence-electron chi connectivity index (χ4n) is 2.55. The molecule has 136 valence electrons. The zero-order chi connectivity index (χ0) is 17.9. The van der Waals surface area contributed by atoms with E-state index < -0.39 is 6.43 Å². The van der Waals surface area contributed by atoms with Gasteiger partial charge in [0.25, 0.3) is 6.43 Å². The largest absolute Gasteiger partial charge is 0.486 e. The normalized spacial score (nSPS) is 13.3. The van der Waals surface area contributed by atoms with Gasteiger partial charge in [0.15, 0.2) is 17.3 Å². The number of H-pyrrole nitrogens is 1. The third-order valence-electron chi connectivity index (χ3n) is 3.75. The van der Waals surface area contributed by atoms with Gasteiger partial charge in [0.2, 0.25) is 5.16 Å². The van der Waals surface area contributed by atoms with Crippen LogP contribution in [0.15, 0.2) is 35.7 Å². The second kappa shape index (κ2) is 7.32. The second-order valence-electron chi connectivity index (χ2n) is 5.50. The molecular formula is C16H15F2N5O2S. The molecule has 0 unspecified atom stereocenters. The summed E-state index contributed by atoms with van der Waals surface area (Å²) in [5.41, 5.74) is 0.827. The molecule has 4 rings (SSSR count). The summed E-state index contributed by atoms with van der Waals surface area (Å²) in [6.07, 6.45) is 0.635. The number of hydrogen-bond acceptors (Lipinski definition) is 6. The van der Waals surface area contributed by atoms with Crippen LogP contribution in [0, 0.1) is 0 Å². The molecule has 0 radical (unpaired) electrons. The molecule has 0 bridgehead atoms. The van der Waals surface area contributed by atoms with Crippen molar-refractivity contribution in [2.24, 2.45) is 0 Å². The Balaban J connectivity index is 1.44. The molecule has 0 aliphatic carbocycles. The zero-order valence-electron chi connectivity index (χ0n) is 13.6. The van der Waals surface area contributed by atoms with Crippen LogP contribution < -0.4 is 9.47 Å². The molecule has 26 heavy (non-hydrogen) atoms. The molecule has 10 heteroatoms. The van der Waals surface area contributed by atoms with Crippen LogP contribution in [0.1, 0.15) is 5.82 Å². The van der Waals surface area contributed by atoms with Crippen LogP contribution in [-0.2, 0) is 12.3 Å². The fraction of sp³-hybridized carbons (Fsp3) is 0.312. The number of nitrogens with one attached hydrogen (secondary N) is 1. The number of hydrogen-bond donors (Lipinski definition) is 1. The Morgan fingerprint density at radius 2 is 2.08 bits per heavy atom. The van der Waals surface area contributed by atoms with E-state index in [0.29, 0.717) is 47.3 Å². The number of halogens is 2. The van der Waals surface area contributed by atoms with Gasteiger partial charge in [-0.1, -0.05) is 11.8 Å². The Morgan fingerprint density at radius 1 is 1.23 bits per heavy atom. The molecule has 0 saturated carbocycles. The van der Waals surface area contributed by atoms with Crippen molar-refractivity contribution in [3.05, 3.63) is 36.4 Å². The molecule has 0 spiro atoms. The lowest BCUT2D eigenvalue weighted by atomic mass is 10.2. The Labute approximate surface area is 151 Å². The Hall–Kier alpha value is -2.62. The number of rotatable bonds is 6. The van der Waals surface area contributed by atoms with Crippen LogP contribution in [0.25, 0.3) is 11.4 Å². The summed E-state index contributed by atoms with van der Waals surface area (Å²) < 4.78 is 37.6. The first-order valence-corrected chi connectivity index (χ1v) is 8.91. The molecule has 2 aromatic heterocycles. The highest BCUT2D eigenvalue weighted by atomic mass is 32.2. The van der Waals surface area contributed by atoms with Crippen molar-refractivity contribution >= 4 is 11.8 Å². The van der Waals surface area contributed by atoms with Crippen molar-refractivity contribution in [1.82, 2.24) is 24.7 Å². The minimum Gasteiger partial charge on any atom is -0.486 e. The van der Waals surface area contributed by atoms with Gasteiger partial charge in [-0.2, -0.15) is 0 Å². The van der Waals surface area contributed by atoms with Gasteiger partial charge in [-0.05, 0) is 18.2 Å². The van der Waals surface area contributed by atoms with Gasteiger partial charge in [-0.3, -0.25) is 5.10 Å². The number of benzene rings is 1. The molecule has 1 aliphatic rings. The third kappa shape index (κ3) is 3.64. The van der Waals surface area contributed by atoms with E-state index in [1.165, 1.54) is 22.5 Å². The van der Waals surface area contributed by atoms with Gasteiger partial charge < -0.3 is 14.0 Å². The first-order chi connectivity index (χ1) is 12.7. The summed E-state index contributed by atoms with van der Waals surface area (Å²) in [6.45, 7) is 0.683. The first kappa shape index (κ1) is 16.8. The molecule has 3 aromatic rings. The zero-order valence-corrected chi connectivity index (χ0v) is 14.4. The van der Waals surface area contributed by atoms with Crippen LogP contribution in [0.5, 0.6) is 11.5 Å². The average Bonchev–Trinajstić information content (AvgIpc) is 3.28. The monoisotopic (exact) mass is 379 g/mol. The highest BCUT2D eigenvalue weighted by Gasteiger charge is 2.15. The van der Waals surface area contributed by atoms with Crippen LogP contribution in [-0.4, -0.2) is 44.4 Å². The van der Waals surface area contributed by atoms with Crippen LogP contribution in [0.3, 0.4) is 0 Å². The number of nitrogens with zero attached hydrogens (tertiary/aromatic N) is 4. The molecule has 0 amide bonds. The fourth-order valence-corrected chi connectivity index (χ4v) is 3.32.